The van der Waals surface area contributed by atoms with Crippen molar-refractivity contribution in [2.24, 2.45) is 0 Å². The minimum atomic E-state index is -4.68. The highest BCUT2D eigenvalue weighted by molar-refractivity contribution is 6.30. The Morgan fingerprint density at radius 1 is 1.03 bits per heavy atom. The van der Waals surface area contributed by atoms with Gasteiger partial charge in [0.15, 0.2) is 0 Å². The summed E-state index contributed by atoms with van der Waals surface area (Å²) in [4.78, 5) is 18.2. The van der Waals surface area contributed by atoms with Crippen molar-refractivity contribution in [3.63, 3.8) is 0 Å². The van der Waals surface area contributed by atoms with E-state index in [-0.39, 0.29) is 34.9 Å². The molecule has 0 saturated carbocycles. The molecule has 38 heavy (non-hydrogen) atoms. The SMILES string of the molecule is CN(C)CCNC(=O)c1ccc(-c2ccc(-c3ccc(Cl)cc3)n2-c2cnccc2C(F)(F)F)c(F)c1.Cl. The van der Waals surface area contributed by atoms with E-state index in [0.717, 1.165) is 24.5 Å². The standard InChI is InChI=1S/C27H23ClF4N4O.ClH/c1-35(2)14-13-34-26(37)18-5-8-20(22(29)15-18)24-10-9-23(17-3-6-19(28)7-4-17)36(24)25-16-33-12-11-21(25)27(30,31)32;/h3-12,15-16H,13-14H2,1-2H3,(H,34,37);1H. The Bertz CT molecular complexity index is 1420. The van der Waals surface area contributed by atoms with Crippen LogP contribution in [0, 0.1) is 5.82 Å². The Morgan fingerprint density at radius 2 is 1.71 bits per heavy atom. The molecular weight excluding hydrogens is 543 g/mol. The number of hydrogen-bond acceptors (Lipinski definition) is 3. The van der Waals surface area contributed by atoms with Crippen molar-refractivity contribution in [3.8, 4) is 28.2 Å². The molecule has 0 radical (unpaired) electrons. The minimum absolute atomic E-state index is 0. The minimum Gasteiger partial charge on any atom is -0.351 e. The first-order chi connectivity index (χ1) is 17.6. The van der Waals surface area contributed by atoms with Crippen molar-refractivity contribution in [3.05, 3.63) is 95.0 Å². The summed E-state index contributed by atoms with van der Waals surface area (Å²) in [5.41, 5.74) is 0.0771. The van der Waals surface area contributed by atoms with Gasteiger partial charge in [0, 0.05) is 35.4 Å². The quantitative estimate of drug-likeness (QED) is 0.252. The van der Waals surface area contributed by atoms with Gasteiger partial charge in [-0.2, -0.15) is 13.2 Å². The Labute approximate surface area is 228 Å². The molecule has 4 aromatic rings. The van der Waals surface area contributed by atoms with E-state index in [1.807, 2.05) is 19.0 Å². The van der Waals surface area contributed by atoms with Crippen molar-refractivity contribution >= 4 is 29.9 Å². The summed E-state index contributed by atoms with van der Waals surface area (Å²) in [5, 5.41) is 3.17. The van der Waals surface area contributed by atoms with E-state index < -0.39 is 23.5 Å². The van der Waals surface area contributed by atoms with Crippen LogP contribution in [0.15, 0.2) is 73.1 Å². The summed E-state index contributed by atoms with van der Waals surface area (Å²) in [6.07, 6.45) is -2.53. The zero-order valence-corrected chi connectivity index (χ0v) is 22.0. The number of hydrogen-bond donors (Lipinski definition) is 1. The molecule has 0 aliphatic carbocycles. The highest BCUT2D eigenvalue weighted by Crippen LogP contribution is 2.39. The first-order valence-electron chi connectivity index (χ1n) is 11.3. The second-order valence-electron chi connectivity index (χ2n) is 8.59. The smallest absolute Gasteiger partial charge is 0.351 e. The van der Waals surface area contributed by atoms with E-state index in [1.54, 1.807) is 30.3 Å². The molecule has 0 fully saturated rings. The van der Waals surface area contributed by atoms with Crippen LogP contribution in [-0.4, -0.2) is 47.5 Å². The van der Waals surface area contributed by atoms with Gasteiger partial charge in [-0.05, 0) is 68.2 Å². The summed E-state index contributed by atoms with van der Waals surface area (Å²) in [6, 6.07) is 14.5. The zero-order valence-electron chi connectivity index (χ0n) is 20.4. The second-order valence-corrected chi connectivity index (χ2v) is 9.03. The van der Waals surface area contributed by atoms with Gasteiger partial charge in [-0.1, -0.05) is 23.7 Å². The van der Waals surface area contributed by atoms with Crippen molar-refractivity contribution in [2.75, 3.05) is 27.2 Å². The predicted octanol–water partition coefficient (Wildman–Crippen LogP) is 6.73. The molecule has 2 heterocycles. The largest absolute Gasteiger partial charge is 0.418 e. The van der Waals surface area contributed by atoms with Crippen molar-refractivity contribution < 1.29 is 22.4 Å². The van der Waals surface area contributed by atoms with E-state index in [0.29, 0.717) is 29.4 Å². The van der Waals surface area contributed by atoms with Gasteiger partial charge in [-0.15, -0.1) is 12.4 Å². The lowest BCUT2D eigenvalue weighted by Crippen LogP contribution is -2.31. The van der Waals surface area contributed by atoms with Crippen LogP contribution in [-0.2, 0) is 6.18 Å². The molecule has 0 atom stereocenters. The van der Waals surface area contributed by atoms with Crippen molar-refractivity contribution in [1.82, 2.24) is 19.8 Å². The zero-order chi connectivity index (χ0) is 26.7. The average molecular weight is 567 g/mol. The number of carbonyl (C=O) groups is 1. The van der Waals surface area contributed by atoms with Gasteiger partial charge in [0.2, 0.25) is 0 Å². The van der Waals surface area contributed by atoms with Crippen molar-refractivity contribution in [1.29, 1.82) is 0 Å². The van der Waals surface area contributed by atoms with Crippen LogP contribution in [0.25, 0.3) is 28.2 Å². The summed E-state index contributed by atoms with van der Waals surface area (Å²) < 4.78 is 58.6. The van der Waals surface area contributed by atoms with Gasteiger partial charge >= 0.3 is 6.18 Å². The summed E-state index contributed by atoms with van der Waals surface area (Å²) >= 11 is 6.00. The van der Waals surface area contributed by atoms with Gasteiger partial charge in [0.05, 0.1) is 28.8 Å². The number of carbonyl (C=O) groups excluding carboxylic acids is 1. The van der Waals surface area contributed by atoms with Crippen LogP contribution in [0.2, 0.25) is 5.02 Å². The molecule has 0 unspecified atom stereocenters. The number of rotatable bonds is 7. The molecule has 2 aromatic heterocycles. The lowest BCUT2D eigenvalue weighted by molar-refractivity contribution is -0.137. The Morgan fingerprint density at radius 3 is 2.34 bits per heavy atom. The molecule has 0 spiro atoms. The van der Waals surface area contributed by atoms with Crippen LogP contribution < -0.4 is 5.32 Å². The van der Waals surface area contributed by atoms with Crippen LogP contribution in [0.4, 0.5) is 17.6 Å². The molecule has 2 aromatic carbocycles. The molecule has 0 aliphatic rings. The van der Waals surface area contributed by atoms with Gasteiger partial charge in [-0.25, -0.2) is 4.39 Å². The third-order valence-electron chi connectivity index (χ3n) is 5.72. The topological polar surface area (TPSA) is 50.2 Å². The van der Waals surface area contributed by atoms with Crippen LogP contribution >= 0.6 is 24.0 Å². The van der Waals surface area contributed by atoms with Crippen LogP contribution in [0.3, 0.4) is 0 Å². The maximum Gasteiger partial charge on any atom is 0.418 e. The number of pyridine rings is 1. The average Bonchev–Trinajstić information content (AvgIpc) is 3.28. The monoisotopic (exact) mass is 566 g/mol. The molecule has 200 valence electrons. The van der Waals surface area contributed by atoms with E-state index in [1.165, 1.54) is 22.8 Å². The Balaban J connectivity index is 0.00000400. The van der Waals surface area contributed by atoms with Crippen molar-refractivity contribution in [2.45, 2.75) is 6.18 Å². The Hall–Kier alpha value is -3.40. The van der Waals surface area contributed by atoms with Gasteiger partial charge in [0.25, 0.3) is 5.91 Å². The van der Waals surface area contributed by atoms with E-state index in [4.69, 9.17) is 11.6 Å². The van der Waals surface area contributed by atoms with E-state index in [2.05, 4.69) is 10.3 Å². The fraction of sp³-hybridized carbons (Fsp3) is 0.185. The maximum atomic E-state index is 15.4. The third kappa shape index (κ3) is 6.35. The first kappa shape index (κ1) is 29.2. The number of nitrogens with zero attached hydrogens (tertiary/aromatic N) is 3. The second kappa shape index (κ2) is 12.0. The molecule has 11 heteroatoms. The number of halogens is 6. The number of aromatic nitrogens is 2. The van der Waals surface area contributed by atoms with E-state index >= 15 is 4.39 Å². The lowest BCUT2D eigenvalue weighted by Gasteiger charge is -2.19. The first-order valence-corrected chi connectivity index (χ1v) is 11.7. The van der Waals surface area contributed by atoms with Gasteiger partial charge < -0.3 is 14.8 Å². The molecule has 0 bridgehead atoms. The summed E-state index contributed by atoms with van der Waals surface area (Å²) in [7, 11) is 3.72. The fourth-order valence-corrected chi connectivity index (χ4v) is 4.04. The highest BCUT2D eigenvalue weighted by atomic mass is 35.5. The Kier molecular flexibility index (Phi) is 9.19. The number of alkyl halides is 3. The maximum absolute atomic E-state index is 15.4. The normalized spacial score (nSPS) is 11.4. The molecule has 0 saturated heterocycles. The molecule has 1 amide bonds. The van der Waals surface area contributed by atoms with Crippen LogP contribution in [0.1, 0.15) is 15.9 Å². The summed E-state index contributed by atoms with van der Waals surface area (Å²) in [6.45, 7) is 0.990. The van der Waals surface area contributed by atoms with Gasteiger partial charge in [-0.3, -0.25) is 9.78 Å². The molecule has 5 nitrogen and oxygen atoms in total. The number of nitrogens with one attached hydrogen (secondary N) is 1. The molecular formula is C27H24Cl2F4N4O. The number of likely N-dealkylation sites (N-methyl/N-ethyl adjacent to an activating group) is 1. The highest BCUT2D eigenvalue weighted by Gasteiger charge is 2.35. The summed E-state index contributed by atoms with van der Waals surface area (Å²) in [5.74, 6) is -1.20. The van der Waals surface area contributed by atoms with Crippen LogP contribution in [0.5, 0.6) is 0 Å². The molecule has 0 aliphatic heterocycles. The fourth-order valence-electron chi connectivity index (χ4n) is 3.92. The molecule has 4 rings (SSSR count). The van der Waals surface area contributed by atoms with E-state index in [9.17, 15) is 18.0 Å². The molecule has 1 N–H and O–H groups in total. The predicted molar refractivity (Wildman–Crippen MR) is 143 cm³/mol. The third-order valence-corrected chi connectivity index (χ3v) is 5.97. The lowest BCUT2D eigenvalue weighted by atomic mass is 10.1. The number of benzene rings is 2. The van der Waals surface area contributed by atoms with Gasteiger partial charge in [0.1, 0.15) is 5.82 Å². The number of amides is 1.